The molecule has 5 heteroatoms. The van der Waals surface area contributed by atoms with E-state index in [1.54, 1.807) is 0 Å². The molecule has 0 saturated heterocycles. The molecule has 0 amide bonds. The minimum atomic E-state index is -1.03. The molecule has 0 aliphatic rings. The van der Waals surface area contributed by atoms with Gasteiger partial charge in [0.1, 0.15) is 6.04 Å². The molecule has 4 N–H and O–H groups in total. The number of para-hydroxylation sites is 1. The Morgan fingerprint density at radius 2 is 2.05 bits per heavy atom. The molecule has 0 spiro atoms. The number of Topliss-reactive ketones (excluding diaryl/α,β-unsaturated/α-hetero) is 1. The number of benzene rings is 1. The van der Waals surface area contributed by atoms with Crippen molar-refractivity contribution in [2.75, 3.05) is 0 Å². The van der Waals surface area contributed by atoms with Gasteiger partial charge in [0.15, 0.2) is 5.78 Å². The van der Waals surface area contributed by atoms with Crippen LogP contribution in [0.4, 0.5) is 0 Å². The Balaban J connectivity index is 2.02. The summed E-state index contributed by atoms with van der Waals surface area (Å²) >= 11 is 0. The van der Waals surface area contributed by atoms with E-state index >= 15 is 0 Å². The number of fused-ring (bicyclic) bond motifs is 1. The monoisotopic (exact) mass is 274 g/mol. The number of rotatable bonds is 6. The third-order valence-corrected chi connectivity index (χ3v) is 3.34. The van der Waals surface area contributed by atoms with Crippen molar-refractivity contribution in [3.05, 3.63) is 36.0 Å². The first kappa shape index (κ1) is 14.3. The summed E-state index contributed by atoms with van der Waals surface area (Å²) in [6, 6.07) is 8.57. The number of nitrogens with two attached hydrogens (primary N) is 1. The number of H-pyrrole nitrogens is 1. The number of nitrogens with one attached hydrogen (secondary N) is 1. The Hall–Kier alpha value is -2.14. The minimum absolute atomic E-state index is 0.0220. The summed E-state index contributed by atoms with van der Waals surface area (Å²) < 4.78 is 0. The highest BCUT2D eigenvalue weighted by atomic mass is 16.4. The van der Waals surface area contributed by atoms with Crippen LogP contribution in [0.1, 0.15) is 30.3 Å². The predicted octanol–water partition coefficient (Wildman–Crippen LogP) is 2.18. The van der Waals surface area contributed by atoms with Crippen LogP contribution in [0.5, 0.6) is 0 Å². The van der Waals surface area contributed by atoms with Crippen molar-refractivity contribution in [3.8, 4) is 0 Å². The van der Waals surface area contributed by atoms with Crippen LogP contribution in [0, 0.1) is 5.92 Å². The Labute approximate surface area is 116 Å². The summed E-state index contributed by atoms with van der Waals surface area (Å²) in [7, 11) is 0. The zero-order valence-electron chi connectivity index (χ0n) is 11.3. The van der Waals surface area contributed by atoms with Gasteiger partial charge in [0, 0.05) is 17.3 Å². The van der Waals surface area contributed by atoms with Crippen LogP contribution < -0.4 is 5.73 Å². The Kier molecular flexibility index (Phi) is 4.20. The highest BCUT2D eigenvalue weighted by molar-refractivity contribution is 5.99. The average molecular weight is 274 g/mol. The van der Waals surface area contributed by atoms with E-state index < -0.39 is 12.0 Å². The molecule has 0 aliphatic heterocycles. The number of carboxylic acid groups (broad SMARTS) is 1. The fourth-order valence-corrected chi connectivity index (χ4v) is 2.27. The molecule has 0 aliphatic carbocycles. The predicted molar refractivity (Wildman–Crippen MR) is 76.6 cm³/mol. The molecule has 0 radical (unpaired) electrons. The second kappa shape index (κ2) is 5.88. The van der Waals surface area contributed by atoms with Gasteiger partial charge in [0.2, 0.25) is 0 Å². The Morgan fingerprint density at radius 3 is 2.70 bits per heavy atom. The van der Waals surface area contributed by atoms with Gasteiger partial charge in [0.05, 0.1) is 5.69 Å². The fraction of sp³-hybridized carbons (Fsp3) is 0.333. The molecule has 1 aromatic carbocycles. The van der Waals surface area contributed by atoms with Gasteiger partial charge in [-0.3, -0.25) is 9.59 Å². The highest BCUT2D eigenvalue weighted by Gasteiger charge is 2.19. The molecule has 2 atom stereocenters. The first-order chi connectivity index (χ1) is 9.47. The molecular formula is C15H18N2O3. The van der Waals surface area contributed by atoms with Gasteiger partial charge in [-0.15, -0.1) is 0 Å². The molecule has 106 valence electrons. The average Bonchev–Trinajstić information content (AvgIpc) is 2.82. The Morgan fingerprint density at radius 1 is 1.35 bits per heavy atom. The van der Waals surface area contributed by atoms with Crippen LogP contribution in [-0.4, -0.2) is 27.9 Å². The van der Waals surface area contributed by atoms with Crippen molar-refractivity contribution in [2.24, 2.45) is 11.7 Å². The third-order valence-electron chi connectivity index (χ3n) is 3.34. The van der Waals surface area contributed by atoms with Gasteiger partial charge in [-0.25, -0.2) is 0 Å². The SMILES string of the molecule is CC(CC(=O)c1cc2ccccc2[nH]1)C[C@@H](N)C(=O)O. The van der Waals surface area contributed by atoms with Crippen LogP contribution in [0.15, 0.2) is 30.3 Å². The summed E-state index contributed by atoms with van der Waals surface area (Å²) in [5.41, 5.74) is 6.95. The van der Waals surface area contributed by atoms with E-state index in [2.05, 4.69) is 4.98 Å². The minimum Gasteiger partial charge on any atom is -0.480 e. The molecular weight excluding hydrogens is 256 g/mol. The Bertz CT molecular complexity index is 600. The van der Waals surface area contributed by atoms with Crippen molar-refractivity contribution in [1.82, 2.24) is 4.98 Å². The van der Waals surface area contributed by atoms with Crippen LogP contribution in [-0.2, 0) is 4.79 Å². The summed E-state index contributed by atoms with van der Waals surface area (Å²) in [5.74, 6) is -1.12. The molecule has 0 fully saturated rings. The standard InChI is InChI=1S/C15H18N2O3/c1-9(6-11(16)15(19)20)7-14(18)13-8-10-4-2-3-5-12(10)17-13/h2-5,8-9,11,17H,6-7,16H2,1H3,(H,19,20)/t9?,11-/m1/s1. The first-order valence-electron chi connectivity index (χ1n) is 6.56. The van der Waals surface area contributed by atoms with Crippen molar-refractivity contribution in [2.45, 2.75) is 25.8 Å². The van der Waals surface area contributed by atoms with Crippen molar-refractivity contribution in [1.29, 1.82) is 0 Å². The summed E-state index contributed by atoms with van der Waals surface area (Å²) in [4.78, 5) is 25.9. The fourth-order valence-electron chi connectivity index (χ4n) is 2.27. The number of hydrogen-bond acceptors (Lipinski definition) is 3. The first-order valence-corrected chi connectivity index (χ1v) is 6.56. The number of carboxylic acids is 1. The van der Waals surface area contributed by atoms with Gasteiger partial charge in [-0.1, -0.05) is 25.1 Å². The van der Waals surface area contributed by atoms with E-state index in [1.165, 1.54) is 0 Å². The van der Waals surface area contributed by atoms with E-state index in [1.807, 2.05) is 37.3 Å². The smallest absolute Gasteiger partial charge is 0.320 e. The normalized spacial score (nSPS) is 14.1. The molecule has 1 heterocycles. The number of aliphatic carboxylic acids is 1. The van der Waals surface area contributed by atoms with E-state index in [4.69, 9.17) is 10.8 Å². The van der Waals surface area contributed by atoms with E-state index in [0.29, 0.717) is 12.1 Å². The molecule has 5 nitrogen and oxygen atoms in total. The van der Waals surface area contributed by atoms with Gasteiger partial charge >= 0.3 is 5.97 Å². The number of carbonyl (C=O) groups is 2. The molecule has 2 aromatic rings. The zero-order valence-corrected chi connectivity index (χ0v) is 11.3. The summed E-state index contributed by atoms with van der Waals surface area (Å²) in [6.07, 6.45) is 0.578. The van der Waals surface area contributed by atoms with E-state index in [9.17, 15) is 9.59 Å². The largest absolute Gasteiger partial charge is 0.480 e. The second-order valence-electron chi connectivity index (χ2n) is 5.18. The summed E-state index contributed by atoms with van der Waals surface area (Å²) in [5, 5.41) is 9.75. The summed E-state index contributed by atoms with van der Waals surface area (Å²) in [6.45, 7) is 1.84. The zero-order chi connectivity index (χ0) is 14.7. The lowest BCUT2D eigenvalue weighted by atomic mass is 9.96. The lowest BCUT2D eigenvalue weighted by molar-refractivity contribution is -0.138. The quantitative estimate of drug-likeness (QED) is 0.703. The van der Waals surface area contributed by atoms with Crippen LogP contribution in [0.25, 0.3) is 10.9 Å². The molecule has 1 aromatic heterocycles. The van der Waals surface area contributed by atoms with Crippen molar-refractivity contribution < 1.29 is 14.7 Å². The number of aromatic amines is 1. The molecule has 20 heavy (non-hydrogen) atoms. The topological polar surface area (TPSA) is 96.2 Å². The lowest BCUT2D eigenvalue weighted by Gasteiger charge is -2.12. The third kappa shape index (κ3) is 3.24. The maximum atomic E-state index is 12.2. The van der Waals surface area contributed by atoms with Gasteiger partial charge < -0.3 is 15.8 Å². The van der Waals surface area contributed by atoms with Crippen LogP contribution >= 0.6 is 0 Å². The number of carbonyl (C=O) groups excluding carboxylic acids is 1. The highest BCUT2D eigenvalue weighted by Crippen LogP contribution is 2.18. The lowest BCUT2D eigenvalue weighted by Crippen LogP contribution is -2.32. The van der Waals surface area contributed by atoms with Gasteiger partial charge in [-0.05, 0) is 24.5 Å². The second-order valence-corrected chi connectivity index (χ2v) is 5.18. The molecule has 2 rings (SSSR count). The van der Waals surface area contributed by atoms with Gasteiger partial charge in [-0.2, -0.15) is 0 Å². The van der Waals surface area contributed by atoms with E-state index in [0.717, 1.165) is 10.9 Å². The van der Waals surface area contributed by atoms with E-state index in [-0.39, 0.29) is 18.1 Å². The molecule has 1 unspecified atom stereocenters. The van der Waals surface area contributed by atoms with Crippen molar-refractivity contribution >= 4 is 22.7 Å². The van der Waals surface area contributed by atoms with Crippen LogP contribution in [0.3, 0.4) is 0 Å². The van der Waals surface area contributed by atoms with Crippen LogP contribution in [0.2, 0.25) is 0 Å². The van der Waals surface area contributed by atoms with Gasteiger partial charge in [0.25, 0.3) is 0 Å². The number of hydrogen-bond donors (Lipinski definition) is 3. The maximum Gasteiger partial charge on any atom is 0.320 e. The molecule has 0 bridgehead atoms. The number of aromatic nitrogens is 1. The maximum absolute atomic E-state index is 12.2. The number of ketones is 1. The molecule has 0 saturated carbocycles. The van der Waals surface area contributed by atoms with Crippen molar-refractivity contribution in [3.63, 3.8) is 0 Å².